The second kappa shape index (κ2) is 6.04. The molecular weight excluding hydrogens is 268 g/mol. The summed E-state index contributed by atoms with van der Waals surface area (Å²) in [6.07, 6.45) is 0. The van der Waals surface area contributed by atoms with Crippen molar-refractivity contribution in [3.63, 3.8) is 0 Å². The number of piperazine rings is 1. The van der Waals surface area contributed by atoms with Crippen LogP contribution in [0.3, 0.4) is 0 Å². The van der Waals surface area contributed by atoms with Gasteiger partial charge >= 0.3 is 0 Å². The average molecular weight is 294 g/mol. The average Bonchev–Trinajstić information content (AvgIpc) is 2.53. The fraction of sp³-hybridized carbons (Fsp3) is 0.400. The maximum absolute atomic E-state index is 2.53. The summed E-state index contributed by atoms with van der Waals surface area (Å²) in [5, 5.41) is 0. The molecule has 0 unspecified atom stereocenters. The maximum Gasteiger partial charge on any atom is 0.0399 e. The fourth-order valence-electron chi connectivity index (χ4n) is 3.34. The van der Waals surface area contributed by atoms with Gasteiger partial charge < -0.3 is 9.80 Å². The molecule has 0 aromatic heterocycles. The first-order valence-electron chi connectivity index (χ1n) is 8.20. The van der Waals surface area contributed by atoms with Gasteiger partial charge in [0.25, 0.3) is 0 Å². The summed E-state index contributed by atoms with van der Waals surface area (Å²) in [6, 6.07) is 13.3. The van der Waals surface area contributed by atoms with E-state index < -0.39 is 0 Å². The van der Waals surface area contributed by atoms with Crippen LogP contribution in [0.5, 0.6) is 0 Å². The summed E-state index contributed by atoms with van der Waals surface area (Å²) in [6.45, 7) is 13.3. The van der Waals surface area contributed by atoms with E-state index in [9.17, 15) is 0 Å². The fourth-order valence-corrected chi connectivity index (χ4v) is 3.34. The topological polar surface area (TPSA) is 6.48 Å². The second-order valence-corrected chi connectivity index (χ2v) is 6.41. The van der Waals surface area contributed by atoms with Crippen molar-refractivity contribution in [2.45, 2.75) is 27.7 Å². The highest BCUT2D eigenvalue weighted by Gasteiger charge is 2.20. The van der Waals surface area contributed by atoms with Crippen molar-refractivity contribution >= 4 is 11.4 Å². The van der Waals surface area contributed by atoms with E-state index in [0.29, 0.717) is 0 Å². The van der Waals surface area contributed by atoms with Crippen molar-refractivity contribution < 1.29 is 0 Å². The van der Waals surface area contributed by atoms with Crippen molar-refractivity contribution in [1.82, 2.24) is 0 Å². The molecule has 3 rings (SSSR count). The predicted octanol–water partition coefficient (Wildman–Crippen LogP) is 4.25. The minimum absolute atomic E-state index is 1.09. The number of nitrogens with zero attached hydrogens (tertiary/aromatic N) is 2. The lowest BCUT2D eigenvalue weighted by molar-refractivity contribution is 0.651. The molecule has 22 heavy (non-hydrogen) atoms. The Bertz CT molecular complexity index is 608. The van der Waals surface area contributed by atoms with Gasteiger partial charge in [-0.2, -0.15) is 0 Å². The van der Waals surface area contributed by atoms with Crippen LogP contribution in [-0.4, -0.2) is 26.2 Å². The Morgan fingerprint density at radius 3 is 1.32 bits per heavy atom. The Kier molecular flexibility index (Phi) is 4.10. The summed E-state index contributed by atoms with van der Waals surface area (Å²) in [5.41, 5.74) is 8.41. The Morgan fingerprint density at radius 1 is 0.591 bits per heavy atom. The van der Waals surface area contributed by atoms with E-state index in [-0.39, 0.29) is 0 Å². The third kappa shape index (κ3) is 2.70. The van der Waals surface area contributed by atoms with Crippen molar-refractivity contribution in [2.75, 3.05) is 36.0 Å². The van der Waals surface area contributed by atoms with Gasteiger partial charge in [0.1, 0.15) is 0 Å². The van der Waals surface area contributed by atoms with Gasteiger partial charge in [-0.05, 0) is 62.1 Å². The van der Waals surface area contributed by atoms with Gasteiger partial charge in [-0.15, -0.1) is 0 Å². The molecule has 0 bridgehead atoms. The van der Waals surface area contributed by atoms with Gasteiger partial charge in [-0.25, -0.2) is 0 Å². The second-order valence-electron chi connectivity index (χ2n) is 6.41. The van der Waals surface area contributed by atoms with Crippen LogP contribution in [-0.2, 0) is 0 Å². The van der Waals surface area contributed by atoms with Crippen LogP contribution in [0.25, 0.3) is 0 Å². The Labute approximate surface area is 134 Å². The van der Waals surface area contributed by atoms with Crippen LogP contribution in [0.1, 0.15) is 22.3 Å². The van der Waals surface area contributed by atoms with Crippen LogP contribution >= 0.6 is 0 Å². The van der Waals surface area contributed by atoms with E-state index in [2.05, 4.69) is 73.9 Å². The summed E-state index contributed by atoms with van der Waals surface area (Å²) in [7, 11) is 0. The number of hydrogen-bond donors (Lipinski definition) is 0. The Hall–Kier alpha value is -1.96. The lowest BCUT2D eigenvalue weighted by Gasteiger charge is -2.39. The molecule has 2 aromatic carbocycles. The van der Waals surface area contributed by atoms with E-state index in [1.54, 1.807) is 0 Å². The zero-order chi connectivity index (χ0) is 15.7. The van der Waals surface area contributed by atoms with Crippen molar-refractivity contribution in [3.05, 3.63) is 58.7 Å². The van der Waals surface area contributed by atoms with E-state index in [4.69, 9.17) is 0 Å². The van der Waals surface area contributed by atoms with E-state index >= 15 is 0 Å². The van der Waals surface area contributed by atoms with Gasteiger partial charge in [0.05, 0.1) is 0 Å². The number of benzene rings is 2. The first-order chi connectivity index (χ1) is 10.6. The molecule has 116 valence electrons. The number of hydrogen-bond acceptors (Lipinski definition) is 2. The summed E-state index contributed by atoms with van der Waals surface area (Å²) < 4.78 is 0. The highest BCUT2D eigenvalue weighted by Crippen LogP contribution is 2.27. The largest absolute Gasteiger partial charge is 0.368 e. The molecule has 2 heteroatoms. The zero-order valence-electron chi connectivity index (χ0n) is 14.2. The first-order valence-corrected chi connectivity index (χ1v) is 8.20. The zero-order valence-corrected chi connectivity index (χ0v) is 14.2. The SMILES string of the molecule is Cc1cccc(N2CCN(c3cccc(C)c3C)CC2)c1C. The highest BCUT2D eigenvalue weighted by atomic mass is 15.3. The predicted molar refractivity (Wildman–Crippen MR) is 96.3 cm³/mol. The van der Waals surface area contributed by atoms with Crippen LogP contribution < -0.4 is 9.80 Å². The molecule has 0 aliphatic carbocycles. The normalized spacial score (nSPS) is 15.3. The van der Waals surface area contributed by atoms with Crippen LogP contribution in [0, 0.1) is 27.7 Å². The monoisotopic (exact) mass is 294 g/mol. The molecule has 0 amide bonds. The first kappa shape index (κ1) is 15.0. The number of rotatable bonds is 2. The lowest BCUT2D eigenvalue weighted by atomic mass is 10.1. The molecule has 1 saturated heterocycles. The van der Waals surface area contributed by atoms with E-state index in [1.165, 1.54) is 33.6 Å². The van der Waals surface area contributed by atoms with Gasteiger partial charge in [0, 0.05) is 37.6 Å². The molecule has 0 N–H and O–H groups in total. The lowest BCUT2D eigenvalue weighted by Crippen LogP contribution is -2.47. The van der Waals surface area contributed by atoms with Crippen LogP contribution in [0.4, 0.5) is 11.4 Å². The van der Waals surface area contributed by atoms with E-state index in [0.717, 1.165) is 26.2 Å². The third-order valence-electron chi connectivity index (χ3n) is 5.11. The minimum Gasteiger partial charge on any atom is -0.368 e. The molecule has 1 aliphatic heterocycles. The molecule has 2 nitrogen and oxygen atoms in total. The van der Waals surface area contributed by atoms with Crippen molar-refractivity contribution in [3.8, 4) is 0 Å². The van der Waals surface area contributed by atoms with Gasteiger partial charge in [-0.1, -0.05) is 24.3 Å². The van der Waals surface area contributed by atoms with E-state index in [1.807, 2.05) is 0 Å². The molecule has 1 aliphatic rings. The molecule has 2 aromatic rings. The number of anilines is 2. The summed E-state index contributed by atoms with van der Waals surface area (Å²) >= 11 is 0. The van der Waals surface area contributed by atoms with Crippen molar-refractivity contribution in [1.29, 1.82) is 0 Å². The summed E-state index contributed by atoms with van der Waals surface area (Å²) in [4.78, 5) is 5.06. The van der Waals surface area contributed by atoms with Crippen LogP contribution in [0.2, 0.25) is 0 Å². The standard InChI is InChI=1S/C20H26N2/c1-15-7-5-9-19(17(15)3)21-11-13-22(14-12-21)20-10-6-8-16(2)18(20)4/h5-10H,11-14H2,1-4H3. The molecule has 0 atom stereocenters. The summed E-state index contributed by atoms with van der Waals surface area (Å²) in [5.74, 6) is 0. The van der Waals surface area contributed by atoms with Gasteiger partial charge in [0.2, 0.25) is 0 Å². The third-order valence-corrected chi connectivity index (χ3v) is 5.11. The Balaban J connectivity index is 1.75. The van der Waals surface area contributed by atoms with Crippen LogP contribution in [0.15, 0.2) is 36.4 Å². The molecule has 0 spiro atoms. The molecule has 0 radical (unpaired) electrons. The quantitative estimate of drug-likeness (QED) is 0.817. The van der Waals surface area contributed by atoms with Gasteiger partial charge in [0.15, 0.2) is 0 Å². The van der Waals surface area contributed by atoms with Crippen molar-refractivity contribution in [2.24, 2.45) is 0 Å². The molecule has 1 fully saturated rings. The van der Waals surface area contributed by atoms with Gasteiger partial charge in [-0.3, -0.25) is 0 Å². The Morgan fingerprint density at radius 2 is 0.955 bits per heavy atom. The number of aryl methyl sites for hydroxylation is 2. The molecule has 0 saturated carbocycles. The molecular formula is C20H26N2. The smallest absolute Gasteiger partial charge is 0.0399 e. The maximum atomic E-state index is 2.53. The molecule has 1 heterocycles. The minimum atomic E-state index is 1.09. The highest BCUT2D eigenvalue weighted by molar-refractivity contribution is 5.60.